The van der Waals surface area contributed by atoms with Crippen LogP contribution in [-0.4, -0.2) is 22.1 Å². The summed E-state index contributed by atoms with van der Waals surface area (Å²) in [5.41, 5.74) is 3.75. The maximum absolute atomic E-state index is 5.22. The van der Waals surface area contributed by atoms with Gasteiger partial charge < -0.3 is 10.1 Å². The van der Waals surface area contributed by atoms with Crippen molar-refractivity contribution in [2.75, 3.05) is 7.11 Å². The minimum atomic E-state index is 0.672. The number of ether oxygens (including phenoxy) is 1. The fourth-order valence-electron chi connectivity index (χ4n) is 1.74. The normalized spacial score (nSPS) is 10.5. The molecular weight excluding hydrogens is 240 g/mol. The van der Waals surface area contributed by atoms with Gasteiger partial charge in [-0.15, -0.1) is 0 Å². The maximum Gasteiger partial charge on any atom is 0.122 e. The van der Waals surface area contributed by atoms with Crippen LogP contribution in [0.25, 0.3) is 0 Å². The van der Waals surface area contributed by atoms with Crippen molar-refractivity contribution in [3.8, 4) is 5.75 Å². The van der Waals surface area contributed by atoms with Gasteiger partial charge in [-0.2, -0.15) is 0 Å². The molecule has 0 aromatic carbocycles. The van der Waals surface area contributed by atoms with Gasteiger partial charge in [0.05, 0.1) is 24.2 Å². The molecular formula is C14H18N4O. The Labute approximate surface area is 113 Å². The number of aryl methyl sites for hydroxylation is 2. The van der Waals surface area contributed by atoms with E-state index in [1.807, 2.05) is 26.0 Å². The first kappa shape index (κ1) is 13.4. The largest absolute Gasteiger partial charge is 0.497 e. The second-order valence-corrected chi connectivity index (χ2v) is 4.39. The molecule has 5 heteroatoms. The van der Waals surface area contributed by atoms with Crippen molar-refractivity contribution in [3.63, 3.8) is 0 Å². The van der Waals surface area contributed by atoms with Crippen LogP contribution >= 0.6 is 0 Å². The molecule has 0 atom stereocenters. The molecule has 0 saturated heterocycles. The van der Waals surface area contributed by atoms with Crippen molar-refractivity contribution < 1.29 is 4.74 Å². The lowest BCUT2D eigenvalue weighted by molar-refractivity contribution is 0.412. The molecule has 0 unspecified atom stereocenters. The Bertz CT molecular complexity index is 540. The van der Waals surface area contributed by atoms with E-state index in [0.717, 1.165) is 28.5 Å². The van der Waals surface area contributed by atoms with E-state index in [-0.39, 0.29) is 0 Å². The van der Waals surface area contributed by atoms with Gasteiger partial charge in [0.25, 0.3) is 0 Å². The number of nitrogens with one attached hydrogen (secondary N) is 1. The minimum Gasteiger partial charge on any atom is -0.497 e. The number of rotatable bonds is 5. The molecule has 0 amide bonds. The summed E-state index contributed by atoms with van der Waals surface area (Å²) < 4.78 is 5.22. The Morgan fingerprint density at radius 2 is 1.79 bits per heavy atom. The SMILES string of the molecule is COc1cc(C)nc(CNCc2cnc(C)cn2)c1. The molecule has 0 aliphatic rings. The number of hydrogen-bond donors (Lipinski definition) is 1. The second kappa shape index (κ2) is 6.24. The second-order valence-electron chi connectivity index (χ2n) is 4.39. The molecule has 0 spiro atoms. The first-order valence-electron chi connectivity index (χ1n) is 6.17. The third-order valence-corrected chi connectivity index (χ3v) is 2.66. The zero-order valence-electron chi connectivity index (χ0n) is 11.5. The fourth-order valence-corrected chi connectivity index (χ4v) is 1.74. The Morgan fingerprint density at radius 1 is 1.00 bits per heavy atom. The molecule has 0 bridgehead atoms. The van der Waals surface area contributed by atoms with Gasteiger partial charge in [-0.3, -0.25) is 15.0 Å². The van der Waals surface area contributed by atoms with Gasteiger partial charge in [-0.1, -0.05) is 0 Å². The Morgan fingerprint density at radius 3 is 2.47 bits per heavy atom. The van der Waals surface area contributed by atoms with Crippen LogP contribution in [-0.2, 0) is 13.1 Å². The Kier molecular flexibility index (Phi) is 4.41. The number of nitrogens with zero attached hydrogens (tertiary/aromatic N) is 3. The molecule has 2 aromatic heterocycles. The third-order valence-electron chi connectivity index (χ3n) is 2.66. The van der Waals surface area contributed by atoms with Gasteiger partial charge >= 0.3 is 0 Å². The molecule has 0 aliphatic heterocycles. The topological polar surface area (TPSA) is 59.9 Å². The monoisotopic (exact) mass is 258 g/mol. The zero-order valence-corrected chi connectivity index (χ0v) is 11.5. The number of methoxy groups -OCH3 is 1. The van der Waals surface area contributed by atoms with Crippen LogP contribution in [0.2, 0.25) is 0 Å². The highest BCUT2D eigenvalue weighted by molar-refractivity contribution is 5.26. The first-order valence-corrected chi connectivity index (χ1v) is 6.17. The lowest BCUT2D eigenvalue weighted by atomic mass is 10.3. The minimum absolute atomic E-state index is 0.672. The van der Waals surface area contributed by atoms with Crippen LogP contribution in [0.5, 0.6) is 5.75 Å². The quantitative estimate of drug-likeness (QED) is 0.886. The summed E-state index contributed by atoms with van der Waals surface area (Å²) in [6.07, 6.45) is 3.55. The summed E-state index contributed by atoms with van der Waals surface area (Å²) in [5, 5.41) is 3.30. The molecule has 19 heavy (non-hydrogen) atoms. The number of hydrogen-bond acceptors (Lipinski definition) is 5. The van der Waals surface area contributed by atoms with Crippen LogP contribution in [0.1, 0.15) is 22.8 Å². The van der Waals surface area contributed by atoms with Crippen LogP contribution in [0.15, 0.2) is 24.5 Å². The summed E-state index contributed by atoms with van der Waals surface area (Å²) in [6, 6.07) is 3.84. The zero-order chi connectivity index (χ0) is 13.7. The van der Waals surface area contributed by atoms with E-state index in [1.54, 1.807) is 19.5 Å². The van der Waals surface area contributed by atoms with Crippen molar-refractivity contribution in [3.05, 3.63) is 47.3 Å². The molecule has 0 radical (unpaired) electrons. The van der Waals surface area contributed by atoms with Crippen molar-refractivity contribution in [2.45, 2.75) is 26.9 Å². The van der Waals surface area contributed by atoms with Gasteiger partial charge in [0.15, 0.2) is 0 Å². The lowest BCUT2D eigenvalue weighted by Crippen LogP contribution is -2.15. The van der Waals surface area contributed by atoms with Gasteiger partial charge in [-0.05, 0) is 13.8 Å². The van der Waals surface area contributed by atoms with Gasteiger partial charge in [0.1, 0.15) is 5.75 Å². The summed E-state index contributed by atoms with van der Waals surface area (Å²) in [5.74, 6) is 0.833. The van der Waals surface area contributed by atoms with E-state index in [1.165, 1.54) is 0 Å². The summed E-state index contributed by atoms with van der Waals surface area (Å²) in [4.78, 5) is 12.9. The Balaban J connectivity index is 1.92. The maximum atomic E-state index is 5.22. The smallest absolute Gasteiger partial charge is 0.122 e. The summed E-state index contributed by atoms with van der Waals surface area (Å²) >= 11 is 0. The Hall–Kier alpha value is -2.01. The molecule has 0 saturated carbocycles. The van der Waals surface area contributed by atoms with Gasteiger partial charge in [0, 0.05) is 43.3 Å². The number of aromatic nitrogens is 3. The molecule has 2 heterocycles. The van der Waals surface area contributed by atoms with E-state index < -0.39 is 0 Å². The fraction of sp³-hybridized carbons (Fsp3) is 0.357. The first-order chi connectivity index (χ1) is 9.17. The molecule has 0 aliphatic carbocycles. The van der Waals surface area contributed by atoms with Crippen LogP contribution in [0, 0.1) is 13.8 Å². The van der Waals surface area contributed by atoms with E-state index in [2.05, 4.69) is 20.3 Å². The van der Waals surface area contributed by atoms with Crippen molar-refractivity contribution in [2.24, 2.45) is 0 Å². The average molecular weight is 258 g/mol. The van der Waals surface area contributed by atoms with Crippen molar-refractivity contribution in [1.29, 1.82) is 0 Å². The van der Waals surface area contributed by atoms with Crippen molar-refractivity contribution >= 4 is 0 Å². The molecule has 2 rings (SSSR count). The van der Waals surface area contributed by atoms with E-state index in [4.69, 9.17) is 4.74 Å². The highest BCUT2D eigenvalue weighted by atomic mass is 16.5. The van der Waals surface area contributed by atoms with Crippen LogP contribution < -0.4 is 10.1 Å². The molecule has 1 N–H and O–H groups in total. The standard InChI is InChI=1S/C14H18N4O/c1-10-4-14(19-3)5-12(18-10)7-15-8-13-9-16-11(2)6-17-13/h4-6,9,15H,7-8H2,1-3H3. The molecule has 100 valence electrons. The summed E-state index contributed by atoms with van der Waals surface area (Å²) in [6.45, 7) is 5.23. The molecule has 2 aromatic rings. The highest BCUT2D eigenvalue weighted by Gasteiger charge is 2.01. The van der Waals surface area contributed by atoms with E-state index in [0.29, 0.717) is 13.1 Å². The molecule has 5 nitrogen and oxygen atoms in total. The van der Waals surface area contributed by atoms with Crippen LogP contribution in [0.4, 0.5) is 0 Å². The number of pyridine rings is 1. The predicted molar refractivity (Wildman–Crippen MR) is 72.8 cm³/mol. The lowest BCUT2D eigenvalue weighted by Gasteiger charge is -2.07. The van der Waals surface area contributed by atoms with Gasteiger partial charge in [0.2, 0.25) is 0 Å². The van der Waals surface area contributed by atoms with E-state index >= 15 is 0 Å². The average Bonchev–Trinajstić information content (AvgIpc) is 2.40. The highest BCUT2D eigenvalue weighted by Crippen LogP contribution is 2.13. The third kappa shape index (κ3) is 3.99. The predicted octanol–water partition coefficient (Wildman–Crippen LogP) is 1.79. The summed E-state index contributed by atoms with van der Waals surface area (Å²) in [7, 11) is 1.66. The van der Waals surface area contributed by atoms with Crippen molar-refractivity contribution in [1.82, 2.24) is 20.3 Å². The van der Waals surface area contributed by atoms with Gasteiger partial charge in [-0.25, -0.2) is 0 Å². The van der Waals surface area contributed by atoms with Crippen LogP contribution in [0.3, 0.4) is 0 Å². The molecule has 0 fully saturated rings. The van der Waals surface area contributed by atoms with E-state index in [9.17, 15) is 0 Å².